The average molecular weight is 364 g/mol. The van der Waals surface area contributed by atoms with E-state index in [1.54, 1.807) is 0 Å². The third-order valence-corrected chi connectivity index (χ3v) is 5.36. The molecule has 1 aromatic heterocycles. The Morgan fingerprint density at radius 2 is 1.89 bits per heavy atom. The van der Waals surface area contributed by atoms with Gasteiger partial charge in [-0.25, -0.2) is 0 Å². The summed E-state index contributed by atoms with van der Waals surface area (Å²) in [4.78, 5) is 14.9. The normalized spacial score (nSPS) is 15.9. The molecule has 0 atom stereocenters. The van der Waals surface area contributed by atoms with Crippen LogP contribution in [0.25, 0.3) is 22.0 Å². The number of fused-ring (bicyclic) bond motifs is 1. The monoisotopic (exact) mass is 364 g/mol. The number of rotatable bonds is 4. The van der Waals surface area contributed by atoms with Crippen LogP contribution in [0, 0.1) is 5.92 Å². The van der Waals surface area contributed by atoms with Crippen LogP contribution < -0.4 is 5.32 Å². The Labute approximate surface area is 158 Å². The summed E-state index contributed by atoms with van der Waals surface area (Å²) in [7, 11) is 2.09. The molecule has 1 aliphatic rings. The SMILES string of the molecule is CN1CCC(C(=O)Nc2n[nH]c3ccc(-c4ccc(CO)cc4)cc23)CC1. The number of anilines is 1. The molecule has 0 saturated carbocycles. The number of piperidine rings is 1. The molecule has 1 amide bonds. The first kappa shape index (κ1) is 17.7. The van der Waals surface area contributed by atoms with Crippen molar-refractivity contribution in [3.05, 3.63) is 48.0 Å². The number of aliphatic hydroxyl groups is 1. The highest BCUT2D eigenvalue weighted by atomic mass is 16.3. The number of hydrogen-bond acceptors (Lipinski definition) is 4. The number of likely N-dealkylation sites (tertiary alicyclic amines) is 1. The number of aliphatic hydroxyl groups excluding tert-OH is 1. The Morgan fingerprint density at radius 3 is 2.59 bits per heavy atom. The summed E-state index contributed by atoms with van der Waals surface area (Å²) in [5.41, 5.74) is 3.88. The van der Waals surface area contributed by atoms with Crippen molar-refractivity contribution in [2.24, 2.45) is 5.92 Å². The van der Waals surface area contributed by atoms with Gasteiger partial charge in [-0.3, -0.25) is 9.89 Å². The third kappa shape index (κ3) is 3.72. The van der Waals surface area contributed by atoms with Crippen molar-refractivity contribution < 1.29 is 9.90 Å². The Kier molecular flexibility index (Phi) is 4.92. The number of carbonyl (C=O) groups is 1. The number of amides is 1. The zero-order valence-corrected chi connectivity index (χ0v) is 15.4. The van der Waals surface area contributed by atoms with Crippen LogP contribution in [0.2, 0.25) is 0 Å². The molecule has 2 heterocycles. The standard InChI is InChI=1S/C21H24N4O2/c1-25-10-8-16(9-11-25)21(27)22-20-18-12-17(6-7-19(18)23-24-20)15-4-2-14(13-26)3-5-15/h2-7,12,16,26H,8-11,13H2,1H3,(H2,22,23,24,27). The van der Waals surface area contributed by atoms with Gasteiger partial charge >= 0.3 is 0 Å². The highest BCUT2D eigenvalue weighted by Crippen LogP contribution is 2.28. The van der Waals surface area contributed by atoms with Crippen molar-refractivity contribution in [3.8, 4) is 11.1 Å². The van der Waals surface area contributed by atoms with Gasteiger partial charge in [-0.2, -0.15) is 5.10 Å². The molecule has 1 saturated heterocycles. The second-order valence-corrected chi connectivity index (χ2v) is 7.25. The van der Waals surface area contributed by atoms with Crippen molar-refractivity contribution in [2.75, 3.05) is 25.5 Å². The first-order chi connectivity index (χ1) is 13.1. The van der Waals surface area contributed by atoms with E-state index >= 15 is 0 Å². The number of hydrogen-bond donors (Lipinski definition) is 3. The number of aromatic nitrogens is 2. The van der Waals surface area contributed by atoms with E-state index in [4.69, 9.17) is 0 Å². The fourth-order valence-electron chi connectivity index (χ4n) is 3.58. The number of nitrogens with one attached hydrogen (secondary N) is 2. The summed E-state index contributed by atoms with van der Waals surface area (Å²) in [5.74, 6) is 0.680. The summed E-state index contributed by atoms with van der Waals surface area (Å²) in [6.45, 7) is 1.94. The van der Waals surface area contributed by atoms with Crippen LogP contribution in [-0.2, 0) is 11.4 Å². The zero-order chi connectivity index (χ0) is 18.8. The van der Waals surface area contributed by atoms with Crippen molar-refractivity contribution >= 4 is 22.6 Å². The lowest BCUT2D eigenvalue weighted by molar-refractivity contribution is -0.121. The molecule has 1 fully saturated rings. The van der Waals surface area contributed by atoms with Crippen molar-refractivity contribution in [1.82, 2.24) is 15.1 Å². The number of carbonyl (C=O) groups excluding carboxylic acids is 1. The van der Waals surface area contributed by atoms with Gasteiger partial charge in [0.2, 0.25) is 5.91 Å². The summed E-state index contributed by atoms with van der Waals surface area (Å²) < 4.78 is 0. The van der Waals surface area contributed by atoms with Gasteiger partial charge in [0.25, 0.3) is 0 Å². The maximum atomic E-state index is 12.6. The molecular formula is C21H24N4O2. The van der Waals surface area contributed by atoms with E-state index in [9.17, 15) is 9.90 Å². The van der Waals surface area contributed by atoms with Crippen molar-refractivity contribution in [3.63, 3.8) is 0 Å². The predicted octanol–water partition coefficient (Wildman–Crippen LogP) is 3.00. The molecule has 0 spiro atoms. The van der Waals surface area contributed by atoms with E-state index in [1.165, 1.54) is 0 Å². The van der Waals surface area contributed by atoms with E-state index in [0.29, 0.717) is 5.82 Å². The molecule has 0 bridgehead atoms. The Balaban J connectivity index is 1.57. The third-order valence-electron chi connectivity index (χ3n) is 5.36. The molecule has 3 N–H and O–H groups in total. The van der Waals surface area contributed by atoms with Gasteiger partial charge in [0, 0.05) is 11.3 Å². The molecule has 140 valence electrons. The van der Waals surface area contributed by atoms with Crippen LogP contribution in [0.5, 0.6) is 0 Å². The molecule has 6 nitrogen and oxygen atoms in total. The molecule has 0 radical (unpaired) electrons. The van der Waals surface area contributed by atoms with E-state index in [1.807, 2.05) is 42.5 Å². The summed E-state index contributed by atoms with van der Waals surface area (Å²) >= 11 is 0. The van der Waals surface area contributed by atoms with Crippen LogP contribution in [0.1, 0.15) is 18.4 Å². The zero-order valence-electron chi connectivity index (χ0n) is 15.4. The maximum absolute atomic E-state index is 12.6. The quantitative estimate of drug-likeness (QED) is 0.665. The van der Waals surface area contributed by atoms with Gasteiger partial charge in [-0.15, -0.1) is 0 Å². The molecule has 3 aromatic rings. The fourth-order valence-corrected chi connectivity index (χ4v) is 3.58. The summed E-state index contributed by atoms with van der Waals surface area (Å²) in [6, 6.07) is 13.8. The second-order valence-electron chi connectivity index (χ2n) is 7.25. The lowest BCUT2D eigenvalue weighted by Crippen LogP contribution is -2.36. The van der Waals surface area contributed by atoms with Gasteiger partial charge < -0.3 is 15.3 Å². The highest BCUT2D eigenvalue weighted by Gasteiger charge is 2.24. The van der Waals surface area contributed by atoms with Crippen LogP contribution in [0.3, 0.4) is 0 Å². The number of nitrogens with zero attached hydrogens (tertiary/aromatic N) is 2. The highest BCUT2D eigenvalue weighted by molar-refractivity contribution is 6.01. The summed E-state index contributed by atoms with van der Waals surface area (Å²) in [6.07, 6.45) is 1.76. The largest absolute Gasteiger partial charge is 0.392 e. The predicted molar refractivity (Wildman–Crippen MR) is 106 cm³/mol. The first-order valence-electron chi connectivity index (χ1n) is 9.32. The van der Waals surface area contributed by atoms with Crippen LogP contribution >= 0.6 is 0 Å². The lowest BCUT2D eigenvalue weighted by Gasteiger charge is -2.27. The Bertz CT molecular complexity index is 940. The summed E-state index contributed by atoms with van der Waals surface area (Å²) in [5, 5.41) is 20.4. The van der Waals surface area contributed by atoms with E-state index in [-0.39, 0.29) is 18.4 Å². The van der Waals surface area contributed by atoms with E-state index < -0.39 is 0 Å². The van der Waals surface area contributed by atoms with E-state index in [0.717, 1.165) is 53.5 Å². The van der Waals surface area contributed by atoms with Crippen LogP contribution in [-0.4, -0.2) is 46.2 Å². The second kappa shape index (κ2) is 7.50. The molecular weight excluding hydrogens is 340 g/mol. The van der Waals surface area contributed by atoms with Crippen molar-refractivity contribution in [2.45, 2.75) is 19.4 Å². The lowest BCUT2D eigenvalue weighted by atomic mass is 9.96. The maximum Gasteiger partial charge on any atom is 0.228 e. The molecule has 6 heteroatoms. The minimum Gasteiger partial charge on any atom is -0.392 e. The van der Waals surface area contributed by atoms with Crippen molar-refractivity contribution in [1.29, 1.82) is 0 Å². The van der Waals surface area contributed by atoms with Gasteiger partial charge in [-0.1, -0.05) is 30.3 Å². The van der Waals surface area contributed by atoms with Gasteiger partial charge in [0.15, 0.2) is 5.82 Å². The Hall–Kier alpha value is -2.70. The van der Waals surface area contributed by atoms with Gasteiger partial charge in [0.05, 0.1) is 12.1 Å². The molecule has 0 aliphatic carbocycles. The smallest absolute Gasteiger partial charge is 0.228 e. The number of benzene rings is 2. The van der Waals surface area contributed by atoms with E-state index in [2.05, 4.69) is 27.5 Å². The number of H-pyrrole nitrogens is 1. The molecule has 0 unspecified atom stereocenters. The minimum atomic E-state index is 0.0359. The molecule has 27 heavy (non-hydrogen) atoms. The molecule has 2 aromatic carbocycles. The van der Waals surface area contributed by atoms with Crippen LogP contribution in [0.4, 0.5) is 5.82 Å². The first-order valence-corrected chi connectivity index (χ1v) is 9.32. The minimum absolute atomic E-state index is 0.0359. The number of aromatic amines is 1. The molecule has 4 rings (SSSR count). The molecule has 1 aliphatic heterocycles. The average Bonchev–Trinajstić information content (AvgIpc) is 3.10. The topological polar surface area (TPSA) is 81.2 Å². The Morgan fingerprint density at radius 1 is 1.19 bits per heavy atom. The van der Waals surface area contributed by atoms with Crippen LogP contribution in [0.15, 0.2) is 42.5 Å². The fraction of sp³-hybridized carbons (Fsp3) is 0.333. The van der Waals surface area contributed by atoms with Gasteiger partial charge in [-0.05, 0) is 61.8 Å². The van der Waals surface area contributed by atoms with Gasteiger partial charge in [0.1, 0.15) is 0 Å².